The number of hydrogen-bond donors (Lipinski definition) is 0. The third kappa shape index (κ3) is 2.54. The van der Waals surface area contributed by atoms with Gasteiger partial charge in [0, 0.05) is 11.8 Å². The fraction of sp³-hybridized carbons (Fsp3) is 0.167. The highest BCUT2D eigenvalue weighted by atomic mass is 127. The van der Waals surface area contributed by atoms with Crippen LogP contribution < -0.4 is 5.56 Å². The summed E-state index contributed by atoms with van der Waals surface area (Å²) in [6.07, 6.45) is 1.52. The van der Waals surface area contributed by atoms with Gasteiger partial charge in [0.15, 0.2) is 0 Å². The molecule has 0 aliphatic carbocycles. The molecule has 0 saturated carbocycles. The summed E-state index contributed by atoms with van der Waals surface area (Å²) >= 11 is 1.93. The summed E-state index contributed by atoms with van der Waals surface area (Å²) in [6.45, 7) is 1.94. The van der Waals surface area contributed by atoms with Gasteiger partial charge in [-0.1, -0.05) is 18.2 Å². The molecule has 0 bridgehead atoms. The van der Waals surface area contributed by atoms with Crippen molar-refractivity contribution in [2.24, 2.45) is 0 Å². The van der Waals surface area contributed by atoms with Gasteiger partial charge in [-0.3, -0.25) is 9.36 Å². The zero-order valence-electron chi connectivity index (χ0n) is 9.15. The van der Waals surface area contributed by atoms with E-state index >= 15 is 0 Å². The third-order valence-corrected chi connectivity index (χ3v) is 3.23. The highest BCUT2D eigenvalue weighted by Gasteiger charge is 2.08. The van der Waals surface area contributed by atoms with E-state index in [9.17, 15) is 9.18 Å². The average Bonchev–Trinajstić information content (AvgIpc) is 2.32. The molecule has 1 aromatic heterocycles. The van der Waals surface area contributed by atoms with Gasteiger partial charge < -0.3 is 0 Å². The molecule has 2 aromatic rings. The van der Waals surface area contributed by atoms with Crippen LogP contribution in [0.25, 0.3) is 0 Å². The first-order chi connectivity index (χ1) is 8.09. The van der Waals surface area contributed by atoms with Crippen molar-refractivity contribution < 1.29 is 4.39 Å². The van der Waals surface area contributed by atoms with Gasteiger partial charge >= 0.3 is 0 Å². The minimum absolute atomic E-state index is 0.138. The molecule has 17 heavy (non-hydrogen) atoms. The van der Waals surface area contributed by atoms with E-state index in [4.69, 9.17) is 0 Å². The number of aryl methyl sites for hydroxylation is 1. The molecule has 0 atom stereocenters. The Hall–Kier alpha value is -1.24. The summed E-state index contributed by atoms with van der Waals surface area (Å²) in [5.41, 5.74) is 0.350. The maximum Gasteiger partial charge on any atom is 0.267 e. The van der Waals surface area contributed by atoms with E-state index in [1.165, 1.54) is 16.8 Å². The van der Waals surface area contributed by atoms with Gasteiger partial charge in [0.25, 0.3) is 5.56 Å². The standard InChI is InChI=1S/C12H10FIN2O/c1-8-15-6-11(14)12(17)16(8)7-9-4-2-3-5-10(9)13/h2-6H,7H2,1H3. The molecule has 0 aliphatic heterocycles. The fourth-order valence-corrected chi connectivity index (χ4v) is 1.96. The van der Waals surface area contributed by atoms with Gasteiger partial charge in [0.1, 0.15) is 11.6 Å². The van der Waals surface area contributed by atoms with Crippen molar-refractivity contribution >= 4 is 22.6 Å². The van der Waals surface area contributed by atoms with Crippen LogP contribution in [0.5, 0.6) is 0 Å². The van der Waals surface area contributed by atoms with Crippen LogP contribution in [-0.2, 0) is 6.54 Å². The highest BCUT2D eigenvalue weighted by Crippen LogP contribution is 2.08. The predicted molar refractivity (Wildman–Crippen MR) is 71.5 cm³/mol. The number of hydrogen-bond acceptors (Lipinski definition) is 2. The molecule has 88 valence electrons. The van der Waals surface area contributed by atoms with Crippen LogP contribution in [0.15, 0.2) is 35.3 Å². The lowest BCUT2D eigenvalue weighted by Gasteiger charge is -2.09. The maximum atomic E-state index is 13.5. The van der Waals surface area contributed by atoms with Crippen LogP contribution in [-0.4, -0.2) is 9.55 Å². The molecule has 0 amide bonds. The quantitative estimate of drug-likeness (QED) is 0.784. The molecule has 3 nitrogen and oxygen atoms in total. The Kier molecular flexibility index (Phi) is 3.56. The van der Waals surface area contributed by atoms with Crippen molar-refractivity contribution in [1.29, 1.82) is 0 Å². The van der Waals surface area contributed by atoms with E-state index in [2.05, 4.69) is 4.98 Å². The van der Waals surface area contributed by atoms with Gasteiger partial charge in [-0.15, -0.1) is 0 Å². The van der Waals surface area contributed by atoms with Crippen LogP contribution in [0.4, 0.5) is 4.39 Å². The van der Waals surface area contributed by atoms with Gasteiger partial charge in [0.2, 0.25) is 0 Å². The molecular weight excluding hydrogens is 334 g/mol. The summed E-state index contributed by atoms with van der Waals surface area (Å²) in [7, 11) is 0. The largest absolute Gasteiger partial charge is 0.291 e. The minimum Gasteiger partial charge on any atom is -0.291 e. The topological polar surface area (TPSA) is 34.9 Å². The first-order valence-corrected chi connectivity index (χ1v) is 6.13. The summed E-state index contributed by atoms with van der Waals surface area (Å²) in [4.78, 5) is 16.0. The Labute approximate surface area is 111 Å². The molecule has 1 aromatic carbocycles. The SMILES string of the molecule is Cc1ncc(I)c(=O)n1Cc1ccccc1F. The monoisotopic (exact) mass is 344 g/mol. The highest BCUT2D eigenvalue weighted by molar-refractivity contribution is 14.1. The molecular formula is C12H10FIN2O. The number of benzene rings is 1. The average molecular weight is 344 g/mol. The lowest BCUT2D eigenvalue weighted by atomic mass is 10.2. The minimum atomic E-state index is -0.308. The molecule has 0 aliphatic rings. The van der Waals surface area contributed by atoms with Gasteiger partial charge in [-0.2, -0.15) is 0 Å². The smallest absolute Gasteiger partial charge is 0.267 e. The van der Waals surface area contributed by atoms with E-state index in [1.807, 2.05) is 22.6 Å². The molecule has 5 heteroatoms. The van der Waals surface area contributed by atoms with Crippen molar-refractivity contribution in [3.05, 3.63) is 61.6 Å². The van der Waals surface area contributed by atoms with E-state index in [0.29, 0.717) is 15.0 Å². The summed E-state index contributed by atoms with van der Waals surface area (Å²) in [5.74, 6) is 0.274. The summed E-state index contributed by atoms with van der Waals surface area (Å²) in [6, 6.07) is 6.43. The van der Waals surface area contributed by atoms with Crippen molar-refractivity contribution in [2.75, 3.05) is 0 Å². The fourth-order valence-electron chi connectivity index (χ4n) is 1.53. The molecule has 1 heterocycles. The Morgan fingerprint density at radius 1 is 1.41 bits per heavy atom. The second-order valence-corrected chi connectivity index (χ2v) is 4.80. The number of rotatable bonds is 2. The van der Waals surface area contributed by atoms with Crippen molar-refractivity contribution in [3.63, 3.8) is 0 Å². The molecule has 0 N–H and O–H groups in total. The van der Waals surface area contributed by atoms with Crippen LogP contribution >= 0.6 is 22.6 Å². The van der Waals surface area contributed by atoms with Crippen molar-refractivity contribution in [3.8, 4) is 0 Å². The van der Waals surface area contributed by atoms with Gasteiger partial charge in [-0.25, -0.2) is 9.37 Å². The Bertz CT molecular complexity index is 610. The Morgan fingerprint density at radius 2 is 2.12 bits per heavy atom. The number of halogens is 2. The zero-order valence-corrected chi connectivity index (χ0v) is 11.3. The molecule has 0 saturated heterocycles. The van der Waals surface area contributed by atoms with Gasteiger partial charge in [0.05, 0.1) is 10.1 Å². The predicted octanol–water partition coefficient (Wildman–Crippen LogP) is 2.34. The normalized spacial score (nSPS) is 10.5. The van der Waals surface area contributed by atoms with Crippen molar-refractivity contribution in [2.45, 2.75) is 13.5 Å². The van der Waals surface area contributed by atoms with Crippen LogP contribution in [0.2, 0.25) is 0 Å². The lowest BCUT2D eigenvalue weighted by Crippen LogP contribution is -2.26. The first-order valence-electron chi connectivity index (χ1n) is 5.05. The third-order valence-electron chi connectivity index (χ3n) is 2.49. The van der Waals surface area contributed by atoms with Crippen molar-refractivity contribution in [1.82, 2.24) is 9.55 Å². The molecule has 2 rings (SSSR count). The molecule has 0 spiro atoms. The van der Waals surface area contributed by atoms with E-state index < -0.39 is 0 Å². The first kappa shape index (κ1) is 12.2. The second-order valence-electron chi connectivity index (χ2n) is 3.64. The van der Waals surface area contributed by atoms with Crippen LogP contribution in [0.3, 0.4) is 0 Å². The Morgan fingerprint density at radius 3 is 2.82 bits per heavy atom. The molecule has 0 fully saturated rings. The second kappa shape index (κ2) is 4.95. The zero-order chi connectivity index (χ0) is 12.4. The van der Waals surface area contributed by atoms with Gasteiger partial charge in [-0.05, 0) is 35.6 Å². The number of nitrogens with zero attached hydrogens (tertiary/aromatic N) is 2. The summed E-state index contributed by atoms with van der Waals surface area (Å²) in [5, 5.41) is 0. The molecule has 0 unspecified atom stereocenters. The Balaban J connectivity index is 2.47. The lowest BCUT2D eigenvalue weighted by molar-refractivity contribution is 0.589. The molecule has 0 radical (unpaired) electrons. The van der Waals surface area contributed by atoms with Crippen LogP contribution in [0, 0.1) is 16.3 Å². The van der Waals surface area contributed by atoms with Crippen LogP contribution in [0.1, 0.15) is 11.4 Å². The number of aromatic nitrogens is 2. The summed E-state index contributed by atoms with van der Waals surface area (Å²) < 4.78 is 15.5. The maximum absolute atomic E-state index is 13.5. The van der Waals surface area contributed by atoms with E-state index in [0.717, 1.165) is 0 Å². The van der Waals surface area contributed by atoms with E-state index in [1.54, 1.807) is 25.1 Å². The van der Waals surface area contributed by atoms with E-state index in [-0.39, 0.29) is 17.9 Å².